The van der Waals surface area contributed by atoms with Gasteiger partial charge in [-0.3, -0.25) is 9.88 Å². The van der Waals surface area contributed by atoms with E-state index in [1.807, 2.05) is 0 Å². The minimum Gasteiger partial charge on any atom is -0.297 e. The third-order valence-electron chi connectivity index (χ3n) is 4.47. The summed E-state index contributed by atoms with van der Waals surface area (Å²) in [5.74, 6) is 0.666. The molecular formula is C14H18Cl2N2O2S. The molecule has 7 heteroatoms. The quantitative estimate of drug-likeness (QED) is 0.824. The van der Waals surface area contributed by atoms with Gasteiger partial charge in [0.05, 0.1) is 27.2 Å². The van der Waals surface area contributed by atoms with E-state index in [0.29, 0.717) is 28.1 Å². The highest BCUT2D eigenvalue weighted by atomic mass is 35.5. The predicted molar refractivity (Wildman–Crippen MR) is 84.5 cm³/mol. The van der Waals surface area contributed by atoms with E-state index < -0.39 is 9.84 Å². The van der Waals surface area contributed by atoms with Crippen molar-refractivity contribution < 1.29 is 8.42 Å². The van der Waals surface area contributed by atoms with Crippen molar-refractivity contribution in [2.24, 2.45) is 5.41 Å². The van der Waals surface area contributed by atoms with Gasteiger partial charge >= 0.3 is 0 Å². The standard InChI is InChI=1S/C14H18Cl2N2O2S/c15-11-6-12(16)13(17-7-11)8-18-4-1-2-14(9-18)3-5-21(19,20)10-14/h6-7H,1-5,8-10H2. The molecule has 2 aliphatic rings. The zero-order valence-electron chi connectivity index (χ0n) is 11.7. The van der Waals surface area contributed by atoms with E-state index in [1.165, 1.54) is 0 Å². The predicted octanol–water partition coefficient (Wildman–Crippen LogP) is 2.79. The molecule has 0 amide bonds. The van der Waals surface area contributed by atoms with Crippen LogP contribution in [0.5, 0.6) is 0 Å². The summed E-state index contributed by atoms with van der Waals surface area (Å²) in [5, 5.41) is 1.10. The normalized spacial score (nSPS) is 29.0. The van der Waals surface area contributed by atoms with Crippen molar-refractivity contribution in [2.75, 3.05) is 24.6 Å². The van der Waals surface area contributed by atoms with Gasteiger partial charge in [0, 0.05) is 19.3 Å². The molecule has 0 bridgehead atoms. The lowest BCUT2D eigenvalue weighted by molar-refractivity contribution is 0.101. The average molecular weight is 349 g/mol. The first-order valence-electron chi connectivity index (χ1n) is 7.10. The number of piperidine rings is 1. The van der Waals surface area contributed by atoms with Crippen molar-refractivity contribution in [3.63, 3.8) is 0 Å². The van der Waals surface area contributed by atoms with Crippen LogP contribution in [0.4, 0.5) is 0 Å². The molecule has 1 aromatic heterocycles. The largest absolute Gasteiger partial charge is 0.297 e. The molecule has 2 aliphatic heterocycles. The summed E-state index contributed by atoms with van der Waals surface area (Å²) in [4.78, 5) is 6.56. The number of aromatic nitrogens is 1. The Balaban J connectivity index is 1.72. The molecule has 1 aromatic rings. The van der Waals surface area contributed by atoms with Crippen molar-refractivity contribution in [2.45, 2.75) is 25.8 Å². The zero-order chi connectivity index (χ0) is 15.1. The maximum Gasteiger partial charge on any atom is 0.150 e. The van der Waals surface area contributed by atoms with Crippen LogP contribution in [-0.4, -0.2) is 42.9 Å². The smallest absolute Gasteiger partial charge is 0.150 e. The van der Waals surface area contributed by atoms with Gasteiger partial charge < -0.3 is 0 Å². The van der Waals surface area contributed by atoms with Crippen LogP contribution in [0.25, 0.3) is 0 Å². The van der Waals surface area contributed by atoms with E-state index in [-0.39, 0.29) is 5.41 Å². The summed E-state index contributed by atoms with van der Waals surface area (Å²) >= 11 is 12.0. The molecule has 4 nitrogen and oxygen atoms in total. The summed E-state index contributed by atoms with van der Waals surface area (Å²) in [7, 11) is -2.85. The van der Waals surface area contributed by atoms with E-state index in [0.717, 1.165) is 38.0 Å². The lowest BCUT2D eigenvalue weighted by atomic mass is 9.79. The number of hydrogen-bond donors (Lipinski definition) is 0. The first-order chi connectivity index (χ1) is 9.88. The molecule has 0 saturated carbocycles. The summed E-state index contributed by atoms with van der Waals surface area (Å²) < 4.78 is 23.6. The molecule has 1 unspecified atom stereocenters. The molecule has 116 valence electrons. The van der Waals surface area contributed by atoms with Crippen LogP contribution in [0.15, 0.2) is 12.3 Å². The maximum atomic E-state index is 11.8. The van der Waals surface area contributed by atoms with Crippen molar-refractivity contribution in [1.29, 1.82) is 0 Å². The van der Waals surface area contributed by atoms with Crippen LogP contribution in [-0.2, 0) is 16.4 Å². The Bertz CT molecular complexity index is 650. The van der Waals surface area contributed by atoms with Crippen LogP contribution in [0, 0.1) is 5.41 Å². The fourth-order valence-electron chi connectivity index (χ4n) is 3.52. The van der Waals surface area contributed by atoms with E-state index in [2.05, 4.69) is 9.88 Å². The lowest BCUT2D eigenvalue weighted by Crippen LogP contribution is -2.43. The molecular weight excluding hydrogens is 331 g/mol. The second kappa shape index (κ2) is 5.69. The van der Waals surface area contributed by atoms with E-state index >= 15 is 0 Å². The van der Waals surface area contributed by atoms with E-state index in [9.17, 15) is 8.42 Å². The van der Waals surface area contributed by atoms with Gasteiger partial charge in [0.2, 0.25) is 0 Å². The van der Waals surface area contributed by atoms with Gasteiger partial charge in [-0.1, -0.05) is 23.2 Å². The van der Waals surface area contributed by atoms with Gasteiger partial charge in [0.15, 0.2) is 9.84 Å². The number of rotatable bonds is 2. The molecule has 2 fully saturated rings. The number of pyridine rings is 1. The minimum atomic E-state index is -2.85. The molecule has 3 rings (SSSR count). The lowest BCUT2D eigenvalue weighted by Gasteiger charge is -2.39. The van der Waals surface area contributed by atoms with E-state index in [4.69, 9.17) is 23.2 Å². The third-order valence-corrected chi connectivity index (χ3v) is 6.88. The highest BCUT2D eigenvalue weighted by molar-refractivity contribution is 7.91. The fraction of sp³-hybridized carbons (Fsp3) is 0.643. The van der Waals surface area contributed by atoms with Gasteiger partial charge in [-0.2, -0.15) is 0 Å². The van der Waals surface area contributed by atoms with Gasteiger partial charge in [-0.15, -0.1) is 0 Å². The molecule has 0 radical (unpaired) electrons. The summed E-state index contributed by atoms with van der Waals surface area (Å²) in [6.45, 7) is 2.42. The van der Waals surface area contributed by atoms with E-state index in [1.54, 1.807) is 12.3 Å². The molecule has 21 heavy (non-hydrogen) atoms. The fourth-order valence-corrected chi connectivity index (χ4v) is 6.16. The number of likely N-dealkylation sites (tertiary alicyclic amines) is 1. The molecule has 0 aromatic carbocycles. The second-order valence-corrected chi connectivity index (χ2v) is 9.27. The minimum absolute atomic E-state index is 0.0595. The number of hydrogen-bond acceptors (Lipinski definition) is 4. The summed E-state index contributed by atoms with van der Waals surface area (Å²) in [5.41, 5.74) is 0.745. The Labute approximate surface area is 135 Å². The Hall–Kier alpha value is -0.360. The number of sulfone groups is 1. The molecule has 1 spiro atoms. The third kappa shape index (κ3) is 3.52. The number of halogens is 2. The first-order valence-corrected chi connectivity index (χ1v) is 9.68. The first kappa shape index (κ1) is 15.5. The second-order valence-electron chi connectivity index (χ2n) is 6.24. The molecule has 1 atom stereocenters. The highest BCUT2D eigenvalue weighted by Crippen LogP contribution is 2.40. The SMILES string of the molecule is O=S1(=O)CCC2(CCCN(Cc3ncc(Cl)cc3Cl)C2)C1. The van der Waals surface area contributed by atoms with Crippen molar-refractivity contribution in [3.8, 4) is 0 Å². The molecule has 2 saturated heterocycles. The van der Waals surface area contributed by atoms with Crippen molar-refractivity contribution in [1.82, 2.24) is 9.88 Å². The van der Waals surface area contributed by atoms with Crippen LogP contribution in [0.2, 0.25) is 10.0 Å². The zero-order valence-corrected chi connectivity index (χ0v) is 14.0. The summed E-state index contributed by atoms with van der Waals surface area (Å²) in [6, 6.07) is 1.70. The Kier molecular flexibility index (Phi) is 4.21. The number of nitrogens with zero attached hydrogens (tertiary/aromatic N) is 2. The van der Waals surface area contributed by atoms with Crippen molar-refractivity contribution >= 4 is 33.0 Å². The van der Waals surface area contributed by atoms with Gasteiger partial charge in [-0.25, -0.2) is 8.42 Å². The van der Waals surface area contributed by atoms with Crippen LogP contribution in [0.3, 0.4) is 0 Å². The maximum absolute atomic E-state index is 11.8. The Morgan fingerprint density at radius 2 is 2.14 bits per heavy atom. The van der Waals surface area contributed by atoms with Gasteiger partial charge in [-0.05, 0) is 37.3 Å². The molecule has 3 heterocycles. The Morgan fingerprint density at radius 1 is 1.33 bits per heavy atom. The monoisotopic (exact) mass is 348 g/mol. The Morgan fingerprint density at radius 3 is 2.81 bits per heavy atom. The van der Waals surface area contributed by atoms with Gasteiger partial charge in [0.1, 0.15) is 0 Å². The topological polar surface area (TPSA) is 50.3 Å². The van der Waals surface area contributed by atoms with Crippen LogP contribution < -0.4 is 0 Å². The molecule has 0 aliphatic carbocycles. The van der Waals surface area contributed by atoms with Crippen LogP contribution in [0.1, 0.15) is 25.0 Å². The van der Waals surface area contributed by atoms with Crippen molar-refractivity contribution in [3.05, 3.63) is 28.0 Å². The van der Waals surface area contributed by atoms with Gasteiger partial charge in [0.25, 0.3) is 0 Å². The highest BCUT2D eigenvalue weighted by Gasteiger charge is 2.44. The van der Waals surface area contributed by atoms with Crippen LogP contribution >= 0.6 is 23.2 Å². The average Bonchev–Trinajstić information content (AvgIpc) is 2.68. The molecule has 0 N–H and O–H groups in total. The summed E-state index contributed by atoms with van der Waals surface area (Å²) in [6.07, 6.45) is 4.42.